The van der Waals surface area contributed by atoms with Gasteiger partial charge in [0.15, 0.2) is 0 Å². The van der Waals surface area contributed by atoms with Gasteiger partial charge in [0, 0.05) is 0 Å². The first-order valence-corrected chi connectivity index (χ1v) is 13.1. The van der Waals surface area contributed by atoms with E-state index in [-0.39, 0.29) is 23.4 Å². The number of hydrogen-bond acceptors (Lipinski definition) is 4. The molecule has 0 aliphatic heterocycles. The molecule has 186 valence electrons. The number of ether oxygens (including phenoxy) is 1. The third kappa shape index (κ3) is 6.63. The third-order valence-electron chi connectivity index (χ3n) is 5.81. The number of sulfonamides is 1. The Labute approximate surface area is 209 Å². The molecule has 1 N–H and O–H groups in total. The van der Waals surface area contributed by atoms with Crippen molar-refractivity contribution in [2.45, 2.75) is 45.1 Å². The summed E-state index contributed by atoms with van der Waals surface area (Å²) in [5, 5.41) is 3.07. The van der Waals surface area contributed by atoms with E-state index in [0.717, 1.165) is 22.4 Å². The Hall–Kier alpha value is -3.32. The standard InChI is InChI=1S/C28H34N2O4S/c1-20(2)17-26(23-13-15-24(34-5)16-14-23)29-28(31)19-30(27-18-21(3)11-12-22(27)4)35(32,33)25-9-7-6-8-10-25/h6-16,18,20,26H,17,19H2,1-5H3,(H,29,31)/t26-/m0/s1. The summed E-state index contributed by atoms with van der Waals surface area (Å²) in [5.41, 5.74) is 3.12. The molecule has 3 rings (SSSR count). The molecular weight excluding hydrogens is 460 g/mol. The first-order valence-electron chi connectivity index (χ1n) is 11.7. The SMILES string of the molecule is COc1ccc([C@H](CC(C)C)NC(=O)CN(c2cc(C)ccc2C)S(=O)(=O)c2ccccc2)cc1. The number of methoxy groups -OCH3 is 1. The Morgan fingerprint density at radius 3 is 2.23 bits per heavy atom. The highest BCUT2D eigenvalue weighted by atomic mass is 32.2. The summed E-state index contributed by atoms with van der Waals surface area (Å²) in [5.74, 6) is 0.691. The largest absolute Gasteiger partial charge is 0.497 e. The Kier molecular flexibility index (Phi) is 8.57. The molecule has 1 atom stereocenters. The number of rotatable bonds is 10. The maximum Gasteiger partial charge on any atom is 0.264 e. The Morgan fingerprint density at radius 1 is 0.971 bits per heavy atom. The minimum Gasteiger partial charge on any atom is -0.497 e. The molecule has 0 aliphatic rings. The molecule has 0 aromatic heterocycles. The van der Waals surface area contributed by atoms with Crippen molar-refractivity contribution < 1.29 is 17.9 Å². The summed E-state index contributed by atoms with van der Waals surface area (Å²) < 4.78 is 33.8. The van der Waals surface area contributed by atoms with E-state index in [1.807, 2.05) is 50.2 Å². The van der Waals surface area contributed by atoms with Crippen LogP contribution in [0.2, 0.25) is 0 Å². The van der Waals surface area contributed by atoms with Crippen molar-refractivity contribution >= 4 is 21.6 Å². The van der Waals surface area contributed by atoms with Gasteiger partial charge in [-0.05, 0) is 73.2 Å². The van der Waals surface area contributed by atoms with Gasteiger partial charge in [0.1, 0.15) is 12.3 Å². The van der Waals surface area contributed by atoms with Crippen molar-refractivity contribution in [2.75, 3.05) is 18.0 Å². The highest BCUT2D eigenvalue weighted by Gasteiger charge is 2.29. The summed E-state index contributed by atoms with van der Waals surface area (Å²) in [6, 6.07) is 21.1. The predicted octanol–water partition coefficient (Wildman–Crippen LogP) is 5.41. The van der Waals surface area contributed by atoms with Gasteiger partial charge < -0.3 is 10.1 Å². The zero-order chi connectivity index (χ0) is 25.6. The zero-order valence-corrected chi connectivity index (χ0v) is 21.8. The van der Waals surface area contributed by atoms with Gasteiger partial charge in [-0.3, -0.25) is 9.10 Å². The van der Waals surface area contributed by atoms with Crippen LogP contribution in [0.5, 0.6) is 5.75 Å². The van der Waals surface area contributed by atoms with Crippen LogP contribution in [-0.2, 0) is 14.8 Å². The lowest BCUT2D eigenvalue weighted by Gasteiger charge is -2.28. The van der Waals surface area contributed by atoms with E-state index in [1.165, 1.54) is 4.31 Å². The second kappa shape index (κ2) is 11.4. The van der Waals surface area contributed by atoms with Crippen molar-refractivity contribution in [2.24, 2.45) is 5.92 Å². The molecule has 0 fully saturated rings. The fourth-order valence-electron chi connectivity index (χ4n) is 3.96. The number of nitrogens with zero attached hydrogens (tertiary/aromatic N) is 1. The molecule has 0 aliphatic carbocycles. The summed E-state index contributed by atoms with van der Waals surface area (Å²) in [4.78, 5) is 13.5. The van der Waals surface area contributed by atoms with Gasteiger partial charge in [0.25, 0.3) is 10.0 Å². The van der Waals surface area contributed by atoms with E-state index in [2.05, 4.69) is 19.2 Å². The summed E-state index contributed by atoms with van der Waals surface area (Å²) in [6.07, 6.45) is 0.715. The Morgan fingerprint density at radius 2 is 1.63 bits per heavy atom. The van der Waals surface area contributed by atoms with Crippen LogP contribution in [0, 0.1) is 19.8 Å². The average molecular weight is 495 g/mol. The Balaban J connectivity index is 1.95. The lowest BCUT2D eigenvalue weighted by atomic mass is 9.97. The molecule has 3 aromatic carbocycles. The van der Waals surface area contributed by atoms with Crippen LogP contribution in [0.4, 0.5) is 5.69 Å². The molecular formula is C28H34N2O4S. The van der Waals surface area contributed by atoms with Gasteiger partial charge in [0.2, 0.25) is 5.91 Å². The highest BCUT2D eigenvalue weighted by molar-refractivity contribution is 7.92. The minimum absolute atomic E-state index is 0.141. The van der Waals surface area contributed by atoms with Crippen LogP contribution >= 0.6 is 0 Å². The van der Waals surface area contributed by atoms with Crippen LogP contribution in [0.3, 0.4) is 0 Å². The molecule has 0 saturated carbocycles. The lowest BCUT2D eigenvalue weighted by molar-refractivity contribution is -0.120. The van der Waals surface area contributed by atoms with Crippen molar-refractivity contribution in [1.29, 1.82) is 0 Å². The monoisotopic (exact) mass is 494 g/mol. The zero-order valence-electron chi connectivity index (χ0n) is 21.0. The molecule has 0 radical (unpaired) electrons. The minimum atomic E-state index is -3.96. The number of anilines is 1. The molecule has 3 aromatic rings. The second-order valence-corrected chi connectivity index (χ2v) is 11.0. The number of aryl methyl sites for hydroxylation is 2. The van der Waals surface area contributed by atoms with E-state index in [9.17, 15) is 13.2 Å². The molecule has 1 amide bonds. The van der Waals surface area contributed by atoms with E-state index in [1.54, 1.807) is 43.5 Å². The fourth-order valence-corrected chi connectivity index (χ4v) is 5.46. The molecule has 0 bridgehead atoms. The molecule has 0 heterocycles. The second-order valence-electron chi connectivity index (χ2n) is 9.14. The maximum atomic E-state index is 13.7. The molecule has 7 heteroatoms. The fraction of sp³-hybridized carbons (Fsp3) is 0.321. The van der Waals surface area contributed by atoms with E-state index in [0.29, 0.717) is 18.0 Å². The van der Waals surface area contributed by atoms with Crippen LogP contribution in [0.25, 0.3) is 0 Å². The molecule has 6 nitrogen and oxygen atoms in total. The van der Waals surface area contributed by atoms with Gasteiger partial charge in [-0.25, -0.2) is 8.42 Å². The number of benzene rings is 3. The van der Waals surface area contributed by atoms with Crippen molar-refractivity contribution in [1.82, 2.24) is 5.32 Å². The smallest absolute Gasteiger partial charge is 0.264 e. The van der Waals surface area contributed by atoms with Crippen LogP contribution in [0.1, 0.15) is 43.0 Å². The quantitative estimate of drug-likeness (QED) is 0.409. The topological polar surface area (TPSA) is 75.7 Å². The van der Waals surface area contributed by atoms with E-state index in [4.69, 9.17) is 4.74 Å². The summed E-state index contributed by atoms with van der Waals surface area (Å²) in [6.45, 7) is 7.60. The molecule has 0 saturated heterocycles. The first-order chi connectivity index (χ1) is 16.6. The Bertz CT molecular complexity index is 1240. The highest BCUT2D eigenvalue weighted by Crippen LogP contribution is 2.29. The predicted molar refractivity (Wildman–Crippen MR) is 140 cm³/mol. The molecule has 35 heavy (non-hydrogen) atoms. The van der Waals surface area contributed by atoms with Crippen molar-refractivity contribution in [3.8, 4) is 5.75 Å². The van der Waals surface area contributed by atoms with Gasteiger partial charge >= 0.3 is 0 Å². The van der Waals surface area contributed by atoms with Crippen molar-refractivity contribution in [3.05, 3.63) is 89.5 Å². The lowest BCUT2D eigenvalue weighted by Crippen LogP contribution is -2.42. The summed E-state index contributed by atoms with van der Waals surface area (Å²) >= 11 is 0. The average Bonchev–Trinajstić information content (AvgIpc) is 2.84. The maximum absolute atomic E-state index is 13.7. The van der Waals surface area contributed by atoms with Crippen LogP contribution < -0.4 is 14.4 Å². The van der Waals surface area contributed by atoms with Gasteiger partial charge in [-0.15, -0.1) is 0 Å². The molecule has 0 unspecified atom stereocenters. The first kappa shape index (κ1) is 26.3. The number of amides is 1. The van der Waals surface area contributed by atoms with Crippen LogP contribution in [0.15, 0.2) is 77.7 Å². The summed E-state index contributed by atoms with van der Waals surface area (Å²) in [7, 11) is -2.36. The number of carbonyl (C=O) groups excluding carboxylic acids is 1. The third-order valence-corrected chi connectivity index (χ3v) is 7.59. The van der Waals surface area contributed by atoms with Crippen molar-refractivity contribution in [3.63, 3.8) is 0 Å². The number of hydrogen-bond donors (Lipinski definition) is 1. The number of nitrogens with one attached hydrogen (secondary N) is 1. The van der Waals surface area contributed by atoms with Gasteiger partial charge in [0.05, 0.1) is 23.7 Å². The van der Waals surface area contributed by atoms with Crippen LogP contribution in [-0.4, -0.2) is 28.0 Å². The number of carbonyl (C=O) groups is 1. The normalized spacial score (nSPS) is 12.3. The van der Waals surface area contributed by atoms with Gasteiger partial charge in [-0.2, -0.15) is 0 Å². The van der Waals surface area contributed by atoms with Gasteiger partial charge in [-0.1, -0.05) is 56.3 Å². The van der Waals surface area contributed by atoms with E-state index < -0.39 is 10.0 Å². The van der Waals surface area contributed by atoms with E-state index >= 15 is 0 Å². The molecule has 0 spiro atoms.